The highest BCUT2D eigenvalue weighted by Crippen LogP contribution is 2.25. The van der Waals surface area contributed by atoms with Crippen LogP contribution in [0.5, 0.6) is 5.75 Å². The number of carbonyl (C=O) groups is 1. The fourth-order valence-corrected chi connectivity index (χ4v) is 4.96. The number of amides is 1. The first-order valence-corrected chi connectivity index (χ1v) is 12.9. The number of carbonyl (C=O) groups excluding carboxylic acids is 1. The Kier molecular flexibility index (Phi) is 9.99. The van der Waals surface area contributed by atoms with E-state index in [1.807, 2.05) is 6.07 Å². The first kappa shape index (κ1) is 25.4. The normalized spacial score (nSPS) is 11.5. The van der Waals surface area contributed by atoms with Gasteiger partial charge in [-0.15, -0.1) is 0 Å². The zero-order chi connectivity index (χ0) is 22.9. The lowest BCUT2D eigenvalue weighted by atomic mass is 10.1. The van der Waals surface area contributed by atoms with Crippen LogP contribution in [0.2, 0.25) is 0 Å². The Morgan fingerprint density at radius 3 is 2.29 bits per heavy atom. The first-order valence-electron chi connectivity index (χ1n) is 10.7. The van der Waals surface area contributed by atoms with Crippen molar-refractivity contribution in [3.63, 3.8) is 0 Å². The first-order chi connectivity index (χ1) is 14.8. The molecule has 0 aliphatic carbocycles. The van der Waals surface area contributed by atoms with Gasteiger partial charge in [-0.2, -0.15) is 4.31 Å². The average molecular weight is 511 g/mol. The number of anilines is 1. The number of ether oxygens (including phenoxy) is 1. The fourth-order valence-electron chi connectivity index (χ4n) is 3.14. The number of halogens is 1. The molecule has 0 saturated carbocycles. The quantitative estimate of drug-likeness (QED) is 0.372. The molecule has 1 N–H and O–H groups in total. The summed E-state index contributed by atoms with van der Waals surface area (Å²) in [5.41, 5.74) is 0.932. The third kappa shape index (κ3) is 7.05. The van der Waals surface area contributed by atoms with Crippen LogP contribution in [0.1, 0.15) is 56.8 Å². The monoisotopic (exact) mass is 510 g/mol. The van der Waals surface area contributed by atoms with E-state index in [1.165, 1.54) is 16.4 Å². The van der Waals surface area contributed by atoms with E-state index >= 15 is 0 Å². The predicted molar refractivity (Wildman–Crippen MR) is 128 cm³/mol. The highest BCUT2D eigenvalue weighted by atomic mass is 79.9. The summed E-state index contributed by atoms with van der Waals surface area (Å²) in [4.78, 5) is 13.1. The van der Waals surface area contributed by atoms with Gasteiger partial charge in [0, 0.05) is 23.2 Å². The molecule has 0 heterocycles. The number of rotatable bonds is 12. The van der Waals surface area contributed by atoms with Gasteiger partial charge in [0.05, 0.1) is 17.1 Å². The van der Waals surface area contributed by atoms with Crippen molar-refractivity contribution in [1.82, 2.24) is 4.31 Å². The summed E-state index contributed by atoms with van der Waals surface area (Å²) >= 11 is 3.40. The lowest BCUT2D eigenvalue weighted by Gasteiger charge is -2.18. The largest absolute Gasteiger partial charge is 0.493 e. The Labute approximate surface area is 194 Å². The minimum Gasteiger partial charge on any atom is -0.493 e. The smallest absolute Gasteiger partial charge is 0.259 e. The predicted octanol–water partition coefficient (Wildman–Crippen LogP) is 5.69. The van der Waals surface area contributed by atoms with Crippen LogP contribution in [-0.2, 0) is 10.0 Å². The van der Waals surface area contributed by atoms with Gasteiger partial charge in [0.1, 0.15) is 5.75 Å². The van der Waals surface area contributed by atoms with E-state index in [4.69, 9.17) is 4.74 Å². The molecule has 0 bridgehead atoms. The van der Waals surface area contributed by atoms with E-state index in [1.54, 1.807) is 38.1 Å². The summed E-state index contributed by atoms with van der Waals surface area (Å²) in [6.07, 6.45) is 4.35. The number of hydrogen-bond acceptors (Lipinski definition) is 4. The second kappa shape index (κ2) is 12.2. The Morgan fingerprint density at radius 2 is 1.68 bits per heavy atom. The number of unbranched alkanes of at least 4 members (excludes halogenated alkanes) is 3. The Bertz CT molecular complexity index is 958. The second-order valence-corrected chi connectivity index (χ2v) is 9.97. The molecule has 6 nitrogen and oxygen atoms in total. The van der Waals surface area contributed by atoms with Crippen LogP contribution in [0, 0.1) is 0 Å². The number of nitrogens with zero attached hydrogens (tertiary/aromatic N) is 1. The molecule has 8 heteroatoms. The summed E-state index contributed by atoms with van der Waals surface area (Å²) in [5, 5.41) is 2.82. The van der Waals surface area contributed by atoms with Crippen LogP contribution in [-0.4, -0.2) is 38.3 Å². The van der Waals surface area contributed by atoms with Crippen LogP contribution in [0.25, 0.3) is 0 Å². The van der Waals surface area contributed by atoms with Crippen molar-refractivity contribution in [2.75, 3.05) is 25.0 Å². The van der Waals surface area contributed by atoms with E-state index in [0.717, 1.165) is 30.2 Å². The Hall–Kier alpha value is -1.90. The third-order valence-electron chi connectivity index (χ3n) is 4.90. The minimum atomic E-state index is -3.53. The van der Waals surface area contributed by atoms with Crippen LogP contribution in [0.15, 0.2) is 51.8 Å². The maximum atomic E-state index is 12.9. The van der Waals surface area contributed by atoms with Gasteiger partial charge in [-0.05, 0) is 48.9 Å². The van der Waals surface area contributed by atoms with Gasteiger partial charge in [0.2, 0.25) is 10.0 Å². The van der Waals surface area contributed by atoms with Gasteiger partial charge >= 0.3 is 0 Å². The molecule has 31 heavy (non-hydrogen) atoms. The van der Waals surface area contributed by atoms with E-state index in [2.05, 4.69) is 28.2 Å². The van der Waals surface area contributed by atoms with Crippen molar-refractivity contribution in [3.8, 4) is 5.75 Å². The highest BCUT2D eigenvalue weighted by Gasteiger charge is 2.21. The topological polar surface area (TPSA) is 75.7 Å². The molecule has 0 spiro atoms. The van der Waals surface area contributed by atoms with Crippen molar-refractivity contribution in [2.45, 2.75) is 51.3 Å². The molecule has 2 aromatic carbocycles. The van der Waals surface area contributed by atoms with Gasteiger partial charge in [-0.25, -0.2) is 8.42 Å². The van der Waals surface area contributed by atoms with Crippen molar-refractivity contribution in [1.29, 1.82) is 0 Å². The minimum absolute atomic E-state index is 0.202. The number of sulfonamides is 1. The summed E-state index contributed by atoms with van der Waals surface area (Å²) in [6, 6.07) is 11.5. The van der Waals surface area contributed by atoms with Crippen LogP contribution < -0.4 is 10.1 Å². The molecule has 0 aliphatic rings. The van der Waals surface area contributed by atoms with Gasteiger partial charge < -0.3 is 10.1 Å². The maximum Gasteiger partial charge on any atom is 0.259 e. The zero-order valence-electron chi connectivity index (χ0n) is 18.4. The van der Waals surface area contributed by atoms with Gasteiger partial charge in [-0.3, -0.25) is 4.79 Å². The molecule has 2 aromatic rings. The average Bonchev–Trinajstić information content (AvgIpc) is 2.75. The lowest BCUT2D eigenvalue weighted by molar-refractivity contribution is 0.102. The second-order valence-electron chi connectivity index (χ2n) is 7.12. The van der Waals surface area contributed by atoms with Crippen LogP contribution in [0.3, 0.4) is 0 Å². The van der Waals surface area contributed by atoms with E-state index < -0.39 is 10.0 Å². The van der Waals surface area contributed by atoms with Crippen molar-refractivity contribution in [2.24, 2.45) is 0 Å². The van der Waals surface area contributed by atoms with Crippen LogP contribution >= 0.6 is 15.9 Å². The SMILES string of the molecule is CCCCCCOc1ccc(Br)cc1C(=O)Nc1ccc(S(=O)(=O)N(CC)CC)cc1. The number of benzene rings is 2. The summed E-state index contributed by atoms with van der Waals surface area (Å²) in [5.74, 6) is 0.210. The molecule has 0 unspecified atom stereocenters. The molecule has 0 atom stereocenters. The van der Waals surface area contributed by atoms with Crippen molar-refractivity contribution < 1.29 is 17.9 Å². The number of hydrogen-bond donors (Lipinski definition) is 1. The molecule has 2 rings (SSSR count). The van der Waals surface area contributed by atoms with E-state index in [0.29, 0.717) is 36.7 Å². The standard InChI is InChI=1S/C23H31BrN2O4S/c1-4-7-8-9-16-30-22-15-10-18(24)17-21(22)23(27)25-19-11-13-20(14-12-19)31(28,29)26(5-2)6-3/h10-15,17H,4-9,16H2,1-3H3,(H,25,27). The van der Waals surface area contributed by atoms with Gasteiger partial charge in [0.25, 0.3) is 5.91 Å². The molecular formula is C23H31BrN2O4S. The van der Waals surface area contributed by atoms with Crippen molar-refractivity contribution >= 4 is 37.5 Å². The molecule has 1 amide bonds. The molecular weight excluding hydrogens is 480 g/mol. The summed E-state index contributed by atoms with van der Waals surface area (Å²) in [6.45, 7) is 7.13. The third-order valence-corrected chi connectivity index (χ3v) is 7.45. The van der Waals surface area contributed by atoms with Crippen molar-refractivity contribution in [3.05, 3.63) is 52.5 Å². The van der Waals surface area contributed by atoms with Gasteiger partial charge in [0.15, 0.2) is 0 Å². The van der Waals surface area contributed by atoms with Crippen LogP contribution in [0.4, 0.5) is 5.69 Å². The maximum absolute atomic E-state index is 12.9. The number of nitrogens with one attached hydrogen (secondary N) is 1. The molecule has 170 valence electrons. The molecule has 0 saturated heterocycles. The molecule has 0 fully saturated rings. The van der Waals surface area contributed by atoms with E-state index in [9.17, 15) is 13.2 Å². The Morgan fingerprint density at radius 1 is 1.00 bits per heavy atom. The molecule has 0 radical (unpaired) electrons. The molecule has 0 aliphatic heterocycles. The fraction of sp³-hybridized carbons (Fsp3) is 0.435. The highest BCUT2D eigenvalue weighted by molar-refractivity contribution is 9.10. The van der Waals surface area contributed by atoms with Gasteiger partial charge in [-0.1, -0.05) is 56.0 Å². The molecule has 0 aromatic heterocycles. The lowest BCUT2D eigenvalue weighted by Crippen LogP contribution is -2.30. The Balaban J connectivity index is 2.12. The van der Waals surface area contributed by atoms with E-state index in [-0.39, 0.29) is 10.8 Å². The summed E-state index contributed by atoms with van der Waals surface area (Å²) in [7, 11) is -3.53. The summed E-state index contributed by atoms with van der Waals surface area (Å²) < 4.78 is 33.2. The zero-order valence-corrected chi connectivity index (χ0v) is 20.8.